The summed E-state index contributed by atoms with van der Waals surface area (Å²) in [4.78, 5) is 12.4. The minimum Gasteiger partial charge on any atom is -0.508 e. The molecule has 0 saturated carbocycles. The van der Waals surface area contributed by atoms with Crippen molar-refractivity contribution in [1.82, 2.24) is 5.32 Å². The van der Waals surface area contributed by atoms with E-state index in [1.807, 2.05) is 6.07 Å². The highest BCUT2D eigenvalue weighted by Gasteiger charge is 2.37. The molecule has 0 aliphatic rings. The maximum atomic E-state index is 13.1. The Bertz CT molecular complexity index is 1420. The zero-order valence-electron chi connectivity index (χ0n) is 26.3. The molecule has 2 amide bonds. The Morgan fingerprint density at radius 2 is 1.42 bits per heavy atom. The highest BCUT2D eigenvalue weighted by atomic mass is 19.4. The molecule has 0 heterocycles. The number of urea groups is 1. The number of rotatable bonds is 18. The van der Waals surface area contributed by atoms with E-state index >= 15 is 0 Å². The van der Waals surface area contributed by atoms with Crippen molar-refractivity contribution >= 4 is 17.4 Å². The largest absolute Gasteiger partial charge is 0.508 e. The number of aryl methyl sites for hydroxylation is 1. The number of halogens is 6. The number of aromatic hydroxyl groups is 1. The van der Waals surface area contributed by atoms with E-state index in [1.165, 1.54) is 6.07 Å². The number of hydrogen-bond acceptors (Lipinski definition) is 6. The molecule has 1 atom stereocenters. The zero-order chi connectivity index (χ0) is 35.2. The first-order chi connectivity index (χ1) is 22.8. The molecule has 0 radical (unpaired) electrons. The first-order valence-corrected chi connectivity index (χ1v) is 15.6. The fourth-order valence-electron chi connectivity index (χ4n) is 4.86. The van der Waals surface area contributed by atoms with Gasteiger partial charge in [-0.25, -0.2) is 4.79 Å². The van der Waals surface area contributed by atoms with Crippen LogP contribution >= 0.6 is 0 Å². The van der Waals surface area contributed by atoms with Crippen LogP contribution in [0.2, 0.25) is 0 Å². The third-order valence-corrected chi connectivity index (χ3v) is 7.42. The van der Waals surface area contributed by atoms with Gasteiger partial charge in [0.15, 0.2) is 0 Å². The van der Waals surface area contributed by atoms with Gasteiger partial charge in [0.25, 0.3) is 0 Å². The van der Waals surface area contributed by atoms with Crippen molar-refractivity contribution in [2.45, 2.75) is 70.0 Å². The number of unbranched alkanes of at least 4 members (excludes halogenated alkanes) is 4. The van der Waals surface area contributed by atoms with Gasteiger partial charge in [-0.05, 0) is 92.2 Å². The lowest BCUT2D eigenvalue weighted by Crippen LogP contribution is -2.22. The van der Waals surface area contributed by atoms with Gasteiger partial charge in [0.2, 0.25) is 0 Å². The predicted molar refractivity (Wildman–Crippen MR) is 170 cm³/mol. The zero-order valence-corrected chi connectivity index (χ0v) is 26.3. The van der Waals surface area contributed by atoms with Crippen LogP contribution in [0, 0.1) is 0 Å². The third kappa shape index (κ3) is 13.3. The Kier molecular flexibility index (Phi) is 15.0. The lowest BCUT2D eigenvalue weighted by molar-refractivity contribution is -0.143. The quantitative estimate of drug-likeness (QED) is 0.0601. The van der Waals surface area contributed by atoms with Crippen molar-refractivity contribution in [1.29, 1.82) is 0 Å². The minimum absolute atomic E-state index is 0.00390. The molecule has 3 aromatic rings. The number of hydrogen-bond donors (Lipinski definition) is 6. The first-order valence-electron chi connectivity index (χ1n) is 15.6. The molecule has 3 rings (SSSR count). The normalized spacial score (nSPS) is 12.6. The molecular formula is C34H41F6N3O5. The van der Waals surface area contributed by atoms with Crippen molar-refractivity contribution < 1.29 is 51.2 Å². The Hall–Kier alpha value is -3.85. The SMILES string of the molecule is O=C(Nc1cccc(CCCCOCCCCCCNC[C@H](O)c2ccc(O)c(CO)c2)c1)Nc1cc(C(F)(F)F)cc(C(F)(F)F)c1. The highest BCUT2D eigenvalue weighted by Crippen LogP contribution is 2.37. The van der Waals surface area contributed by atoms with Crippen molar-refractivity contribution in [3.05, 3.63) is 88.5 Å². The average molecular weight is 686 g/mol. The number of amides is 2. The fourth-order valence-corrected chi connectivity index (χ4v) is 4.86. The van der Waals surface area contributed by atoms with Crippen LogP contribution in [0.15, 0.2) is 60.7 Å². The van der Waals surface area contributed by atoms with Crippen LogP contribution in [0.5, 0.6) is 5.75 Å². The topological polar surface area (TPSA) is 123 Å². The Morgan fingerprint density at radius 1 is 0.771 bits per heavy atom. The fraction of sp³-hybridized carbons (Fsp3) is 0.441. The van der Waals surface area contributed by atoms with Crippen LogP contribution in [0.1, 0.15) is 72.4 Å². The van der Waals surface area contributed by atoms with E-state index in [-0.39, 0.29) is 18.4 Å². The summed E-state index contributed by atoms with van der Waals surface area (Å²) in [5.74, 6) is -0.00390. The Morgan fingerprint density at radius 3 is 2.08 bits per heavy atom. The summed E-state index contributed by atoms with van der Waals surface area (Å²) in [6.45, 7) is 2.05. The van der Waals surface area contributed by atoms with Gasteiger partial charge in [-0.3, -0.25) is 0 Å². The number of aliphatic hydroxyl groups is 2. The van der Waals surface area contributed by atoms with Crippen molar-refractivity contribution in [2.24, 2.45) is 0 Å². The monoisotopic (exact) mass is 685 g/mol. The summed E-state index contributed by atoms with van der Waals surface area (Å²) >= 11 is 0. The van der Waals surface area contributed by atoms with Crippen molar-refractivity contribution in [3.63, 3.8) is 0 Å². The van der Waals surface area contributed by atoms with E-state index in [9.17, 15) is 46.5 Å². The summed E-state index contributed by atoms with van der Waals surface area (Å²) < 4.78 is 84.3. The maximum absolute atomic E-state index is 13.1. The molecule has 264 valence electrons. The molecular weight excluding hydrogens is 644 g/mol. The van der Waals surface area contributed by atoms with Gasteiger partial charge in [0.1, 0.15) is 5.75 Å². The number of phenols is 1. The van der Waals surface area contributed by atoms with E-state index in [0.717, 1.165) is 50.6 Å². The standard InChI is InChI=1S/C34H41F6N3O5/c35-33(36,37)26-18-27(34(38,39)40)20-29(19-26)43-32(47)42-28-10-7-9-23(16-28)8-3-6-15-48-14-5-2-1-4-13-41-21-31(46)24-11-12-30(45)25(17-24)22-44/h7,9-12,16-20,31,41,44-46H,1-6,8,13-15,21-22H2,(H2,42,43,47)/t31-/m0/s1. The van der Waals surface area contributed by atoms with Gasteiger partial charge in [-0.1, -0.05) is 31.0 Å². The number of carbonyl (C=O) groups excluding carboxylic acids is 1. The summed E-state index contributed by atoms with van der Waals surface area (Å²) in [7, 11) is 0. The molecule has 48 heavy (non-hydrogen) atoms. The number of carbonyl (C=O) groups is 1. The van der Waals surface area contributed by atoms with Gasteiger partial charge in [0, 0.05) is 36.7 Å². The third-order valence-electron chi connectivity index (χ3n) is 7.42. The van der Waals surface area contributed by atoms with E-state index in [0.29, 0.717) is 55.1 Å². The number of aliphatic hydroxyl groups excluding tert-OH is 2. The van der Waals surface area contributed by atoms with Crippen LogP contribution in [-0.4, -0.2) is 47.7 Å². The number of anilines is 2. The van der Waals surface area contributed by atoms with Crippen molar-refractivity contribution in [3.8, 4) is 5.75 Å². The van der Waals surface area contributed by atoms with Crippen LogP contribution in [0.25, 0.3) is 0 Å². The number of alkyl halides is 6. The second-order valence-electron chi connectivity index (χ2n) is 11.3. The summed E-state index contributed by atoms with van der Waals surface area (Å²) in [5.41, 5.74) is -1.46. The maximum Gasteiger partial charge on any atom is 0.416 e. The Labute approximate surface area is 275 Å². The molecule has 3 aromatic carbocycles. The van der Waals surface area contributed by atoms with E-state index in [2.05, 4.69) is 16.0 Å². The van der Waals surface area contributed by atoms with E-state index in [1.54, 1.807) is 30.3 Å². The van der Waals surface area contributed by atoms with E-state index < -0.39 is 41.3 Å². The van der Waals surface area contributed by atoms with E-state index in [4.69, 9.17) is 4.74 Å². The first kappa shape index (κ1) is 38.6. The van der Waals surface area contributed by atoms with Gasteiger partial charge in [-0.2, -0.15) is 26.3 Å². The van der Waals surface area contributed by atoms with Gasteiger partial charge in [-0.15, -0.1) is 0 Å². The average Bonchev–Trinajstić information content (AvgIpc) is 3.02. The second-order valence-corrected chi connectivity index (χ2v) is 11.3. The summed E-state index contributed by atoms with van der Waals surface area (Å²) in [6.07, 6.45) is -4.60. The molecule has 6 N–H and O–H groups in total. The summed E-state index contributed by atoms with van der Waals surface area (Å²) in [6, 6.07) is 11.3. The second kappa shape index (κ2) is 18.6. The van der Waals surface area contributed by atoms with Crippen LogP contribution < -0.4 is 16.0 Å². The lowest BCUT2D eigenvalue weighted by atomic mass is 10.1. The van der Waals surface area contributed by atoms with Crippen LogP contribution in [-0.2, 0) is 30.1 Å². The van der Waals surface area contributed by atoms with Gasteiger partial charge < -0.3 is 36.0 Å². The lowest BCUT2D eigenvalue weighted by Gasteiger charge is -2.15. The van der Waals surface area contributed by atoms with Crippen LogP contribution in [0.4, 0.5) is 42.5 Å². The highest BCUT2D eigenvalue weighted by molar-refractivity contribution is 5.99. The molecule has 0 saturated heterocycles. The van der Waals surface area contributed by atoms with Gasteiger partial charge in [0.05, 0.1) is 23.8 Å². The van der Waals surface area contributed by atoms with Gasteiger partial charge >= 0.3 is 18.4 Å². The molecule has 0 bridgehead atoms. The number of nitrogens with one attached hydrogen (secondary N) is 3. The van der Waals surface area contributed by atoms with Crippen LogP contribution in [0.3, 0.4) is 0 Å². The molecule has 0 aliphatic carbocycles. The molecule has 14 heteroatoms. The van der Waals surface area contributed by atoms with Crippen molar-refractivity contribution in [2.75, 3.05) is 36.9 Å². The number of ether oxygens (including phenoxy) is 1. The minimum atomic E-state index is -5.02. The molecule has 0 aromatic heterocycles. The summed E-state index contributed by atoms with van der Waals surface area (Å²) in [5, 5.41) is 36.9. The molecule has 0 spiro atoms. The molecule has 0 aliphatic heterocycles. The Balaban J connectivity index is 1.26. The predicted octanol–water partition coefficient (Wildman–Crippen LogP) is 7.79. The molecule has 0 unspecified atom stereocenters. The number of benzene rings is 3. The molecule has 0 fully saturated rings. The smallest absolute Gasteiger partial charge is 0.416 e. The molecule has 8 nitrogen and oxygen atoms in total.